The lowest BCUT2D eigenvalue weighted by atomic mass is 10.0. The van der Waals surface area contributed by atoms with E-state index in [4.69, 9.17) is 15.0 Å². The molecule has 0 N–H and O–H groups in total. The van der Waals surface area contributed by atoms with Crippen molar-refractivity contribution in [1.82, 2.24) is 24.1 Å². The molecule has 3 heterocycles. The van der Waals surface area contributed by atoms with Crippen LogP contribution in [0, 0.1) is 0 Å². The number of rotatable bonds is 5. The van der Waals surface area contributed by atoms with E-state index in [1.54, 1.807) is 0 Å². The zero-order chi connectivity index (χ0) is 33.0. The summed E-state index contributed by atoms with van der Waals surface area (Å²) in [7, 11) is 0. The van der Waals surface area contributed by atoms with Crippen LogP contribution in [0.15, 0.2) is 157 Å². The van der Waals surface area contributed by atoms with Gasteiger partial charge in [0.25, 0.3) is 0 Å². The molecule has 0 fully saturated rings. The van der Waals surface area contributed by atoms with Gasteiger partial charge in [0.1, 0.15) is 0 Å². The van der Waals surface area contributed by atoms with Crippen LogP contribution in [0.3, 0.4) is 0 Å². The summed E-state index contributed by atoms with van der Waals surface area (Å²) in [6.45, 7) is 0. The Labute approximate surface area is 289 Å². The van der Waals surface area contributed by atoms with Gasteiger partial charge in [-0.25, -0.2) is 15.0 Å². The molecule has 0 atom stereocenters. The zero-order valence-electron chi connectivity index (χ0n) is 27.3. The van der Waals surface area contributed by atoms with Gasteiger partial charge in [0, 0.05) is 44.8 Å². The van der Waals surface area contributed by atoms with Crippen molar-refractivity contribution in [2.45, 2.75) is 19.3 Å². The Morgan fingerprint density at radius 3 is 1.86 bits per heavy atom. The van der Waals surface area contributed by atoms with E-state index in [2.05, 4.69) is 142 Å². The van der Waals surface area contributed by atoms with Crippen molar-refractivity contribution in [2.24, 2.45) is 0 Å². The SMILES string of the molecule is C1=CC(c2nc(C3=CC=CCC3)nc(-c3ccccc3)n2)=CCC=1n1c2ccccc2c2cc(-n3c4ccccc4c4ccccc43)ccc21. The van der Waals surface area contributed by atoms with E-state index in [1.807, 2.05) is 24.3 Å². The molecule has 5 nitrogen and oxygen atoms in total. The molecular formula is C45H31N5. The fraction of sp³-hybridized carbons (Fsp3) is 0.0667. The molecule has 0 spiro atoms. The summed E-state index contributed by atoms with van der Waals surface area (Å²) < 4.78 is 4.74. The van der Waals surface area contributed by atoms with E-state index >= 15 is 0 Å². The molecule has 5 heteroatoms. The molecule has 0 unspecified atom stereocenters. The van der Waals surface area contributed by atoms with Crippen molar-refractivity contribution >= 4 is 60.5 Å². The summed E-state index contributed by atoms with van der Waals surface area (Å²) in [5.41, 5.74) is 13.7. The second-order valence-corrected chi connectivity index (χ2v) is 12.9. The Morgan fingerprint density at radius 2 is 1.18 bits per heavy atom. The van der Waals surface area contributed by atoms with Gasteiger partial charge in [0.05, 0.1) is 27.8 Å². The number of aromatic nitrogens is 5. The van der Waals surface area contributed by atoms with Crippen molar-refractivity contribution in [2.75, 3.05) is 0 Å². The van der Waals surface area contributed by atoms with Gasteiger partial charge in [0.2, 0.25) is 0 Å². The smallest absolute Gasteiger partial charge is 0.164 e. The molecule has 0 aliphatic heterocycles. The number of fused-ring (bicyclic) bond motifs is 6. The third-order valence-electron chi connectivity index (χ3n) is 9.90. The largest absolute Gasteiger partial charge is 0.309 e. The van der Waals surface area contributed by atoms with Crippen LogP contribution >= 0.6 is 0 Å². The summed E-state index contributed by atoms with van der Waals surface area (Å²) in [6, 6.07) is 43.0. The number of nitrogens with zero attached hydrogens (tertiary/aromatic N) is 5. The van der Waals surface area contributed by atoms with E-state index in [0.29, 0.717) is 18.1 Å². The fourth-order valence-electron chi connectivity index (χ4n) is 7.54. The van der Waals surface area contributed by atoms with Crippen molar-refractivity contribution < 1.29 is 0 Å². The standard InChI is InChI=1S/C45H31N5/c1-3-13-30(14-4-1)43-46-44(31-15-5-2-6-16-31)48-45(47-43)32-23-25-33(26-24-32)49-41-22-12-9-19-37(41)38-29-34(27-28-42(38)49)50-39-20-10-7-17-35(39)36-18-8-11-21-40(36)50/h1-5,7-15,17-24,27-29H,6,16,25H2. The fourth-order valence-corrected chi connectivity index (χ4v) is 7.54. The van der Waals surface area contributed by atoms with Crippen molar-refractivity contribution in [1.29, 1.82) is 0 Å². The molecule has 5 aromatic carbocycles. The predicted octanol–water partition coefficient (Wildman–Crippen LogP) is 11.0. The minimum absolute atomic E-state index is 0.675. The zero-order valence-corrected chi connectivity index (χ0v) is 27.3. The van der Waals surface area contributed by atoms with Crippen LogP contribution < -0.4 is 0 Å². The van der Waals surface area contributed by atoms with Crippen LogP contribution in [-0.4, -0.2) is 24.1 Å². The summed E-state index contributed by atoms with van der Waals surface area (Å²) in [4.78, 5) is 14.9. The number of allylic oxidation sites excluding steroid dienone is 7. The van der Waals surface area contributed by atoms with Gasteiger partial charge in [-0.3, -0.25) is 0 Å². The maximum atomic E-state index is 4.99. The molecule has 0 saturated carbocycles. The lowest BCUT2D eigenvalue weighted by Gasteiger charge is -2.14. The third kappa shape index (κ3) is 4.60. The molecule has 3 aromatic heterocycles. The van der Waals surface area contributed by atoms with E-state index < -0.39 is 0 Å². The molecular weight excluding hydrogens is 611 g/mol. The van der Waals surface area contributed by atoms with E-state index in [0.717, 1.165) is 52.3 Å². The van der Waals surface area contributed by atoms with Gasteiger partial charge >= 0.3 is 0 Å². The highest BCUT2D eigenvalue weighted by Crippen LogP contribution is 2.38. The molecule has 0 saturated heterocycles. The first-order chi connectivity index (χ1) is 24.8. The number of hydrogen-bond acceptors (Lipinski definition) is 3. The Bertz CT molecular complexity index is 2770. The molecule has 8 aromatic rings. The quantitative estimate of drug-likeness (QED) is 0.176. The monoisotopic (exact) mass is 641 g/mol. The lowest BCUT2D eigenvalue weighted by Crippen LogP contribution is -2.06. The molecule has 0 radical (unpaired) electrons. The van der Waals surface area contributed by atoms with Gasteiger partial charge in [-0.2, -0.15) is 0 Å². The molecule has 2 aliphatic carbocycles. The molecule has 50 heavy (non-hydrogen) atoms. The van der Waals surface area contributed by atoms with Crippen LogP contribution in [0.4, 0.5) is 0 Å². The van der Waals surface area contributed by atoms with Crippen molar-refractivity contribution in [3.63, 3.8) is 0 Å². The van der Waals surface area contributed by atoms with Crippen LogP contribution in [0.5, 0.6) is 0 Å². The van der Waals surface area contributed by atoms with Gasteiger partial charge in [-0.1, -0.05) is 115 Å². The van der Waals surface area contributed by atoms with Gasteiger partial charge in [-0.05, 0) is 60.9 Å². The van der Waals surface area contributed by atoms with Crippen LogP contribution in [0.25, 0.3) is 77.5 Å². The Balaban J connectivity index is 1.10. The minimum Gasteiger partial charge on any atom is -0.309 e. The predicted molar refractivity (Wildman–Crippen MR) is 206 cm³/mol. The summed E-state index contributed by atoms with van der Waals surface area (Å²) >= 11 is 0. The van der Waals surface area contributed by atoms with Gasteiger partial charge in [-0.15, -0.1) is 0 Å². The maximum Gasteiger partial charge on any atom is 0.164 e. The lowest BCUT2D eigenvalue weighted by molar-refractivity contribution is 0.958. The van der Waals surface area contributed by atoms with Crippen molar-refractivity contribution in [3.8, 4) is 17.1 Å². The topological polar surface area (TPSA) is 48.5 Å². The normalized spacial score (nSPS) is 14.4. The Morgan fingerprint density at radius 1 is 0.560 bits per heavy atom. The second kappa shape index (κ2) is 11.6. The first-order valence-electron chi connectivity index (χ1n) is 17.2. The van der Waals surface area contributed by atoms with Crippen LogP contribution in [0.2, 0.25) is 0 Å². The highest BCUT2D eigenvalue weighted by Gasteiger charge is 2.19. The van der Waals surface area contributed by atoms with Crippen LogP contribution in [-0.2, 0) is 0 Å². The van der Waals surface area contributed by atoms with Crippen molar-refractivity contribution in [3.05, 3.63) is 169 Å². The van der Waals surface area contributed by atoms with Gasteiger partial charge < -0.3 is 9.13 Å². The highest BCUT2D eigenvalue weighted by molar-refractivity contribution is 6.12. The molecule has 0 bridgehead atoms. The third-order valence-corrected chi connectivity index (χ3v) is 9.90. The van der Waals surface area contributed by atoms with E-state index in [-0.39, 0.29) is 0 Å². The van der Waals surface area contributed by atoms with Gasteiger partial charge in [0.15, 0.2) is 17.5 Å². The minimum atomic E-state index is 0.675. The molecule has 2 aliphatic rings. The summed E-state index contributed by atoms with van der Waals surface area (Å²) in [5, 5.41) is 4.96. The number of hydrogen-bond donors (Lipinski definition) is 0. The number of benzene rings is 5. The van der Waals surface area contributed by atoms with E-state index in [9.17, 15) is 0 Å². The average Bonchev–Trinajstić information content (AvgIpc) is 3.71. The highest BCUT2D eigenvalue weighted by atomic mass is 15.0. The Kier molecular flexibility index (Phi) is 6.58. The molecule has 236 valence electrons. The molecule has 10 rings (SSSR count). The maximum absolute atomic E-state index is 4.99. The summed E-state index contributed by atoms with van der Waals surface area (Å²) in [6.07, 6.45) is 13.3. The average molecular weight is 642 g/mol. The first-order valence-corrected chi connectivity index (χ1v) is 17.2. The molecule has 0 amide bonds. The second-order valence-electron chi connectivity index (χ2n) is 12.9. The summed E-state index contributed by atoms with van der Waals surface area (Å²) in [5.74, 6) is 2.10. The Hall–Kier alpha value is -6.55. The number of para-hydroxylation sites is 3. The van der Waals surface area contributed by atoms with Crippen LogP contribution in [0.1, 0.15) is 30.9 Å². The first kappa shape index (κ1) is 28.5. The van der Waals surface area contributed by atoms with E-state index in [1.165, 1.54) is 38.1 Å².